The monoisotopic (exact) mass is 351 g/mol. The van der Waals surface area contributed by atoms with E-state index in [0.29, 0.717) is 15.9 Å². The Morgan fingerprint density at radius 1 is 1.53 bits per heavy atom. The Balaban J connectivity index is 2.79. The number of H-pyrrole nitrogens is 1. The lowest BCUT2D eigenvalue weighted by atomic mass is 9.83. The van der Waals surface area contributed by atoms with Crippen LogP contribution in [0, 0.1) is 8.99 Å². The molecular formula is C11H18IN3O2. The van der Waals surface area contributed by atoms with E-state index in [9.17, 15) is 9.90 Å². The Labute approximate surface area is 114 Å². The SMILES string of the molecule is CCC(CC)(CO)CNc1nc[nH]c(=O)c1I. The average molecular weight is 351 g/mol. The van der Waals surface area contributed by atoms with Crippen LogP contribution in [-0.4, -0.2) is 28.2 Å². The number of nitrogens with one attached hydrogen (secondary N) is 2. The lowest BCUT2D eigenvalue weighted by Gasteiger charge is -2.29. The van der Waals surface area contributed by atoms with Gasteiger partial charge in [-0.1, -0.05) is 13.8 Å². The Morgan fingerprint density at radius 3 is 2.71 bits per heavy atom. The number of halogens is 1. The van der Waals surface area contributed by atoms with Crippen LogP contribution in [0.2, 0.25) is 0 Å². The van der Waals surface area contributed by atoms with Gasteiger partial charge in [0.2, 0.25) is 0 Å². The van der Waals surface area contributed by atoms with Crippen LogP contribution in [0.3, 0.4) is 0 Å². The molecule has 0 saturated heterocycles. The van der Waals surface area contributed by atoms with Crippen LogP contribution in [0.5, 0.6) is 0 Å². The molecule has 0 aliphatic carbocycles. The summed E-state index contributed by atoms with van der Waals surface area (Å²) >= 11 is 1.96. The number of aromatic amines is 1. The summed E-state index contributed by atoms with van der Waals surface area (Å²) in [6.07, 6.45) is 3.14. The van der Waals surface area contributed by atoms with Crippen LogP contribution in [-0.2, 0) is 0 Å². The molecule has 96 valence electrons. The molecule has 0 bridgehead atoms. The minimum absolute atomic E-state index is 0.132. The molecule has 0 unspecified atom stereocenters. The number of aliphatic hydroxyl groups is 1. The number of anilines is 1. The van der Waals surface area contributed by atoms with Crippen molar-refractivity contribution < 1.29 is 5.11 Å². The van der Waals surface area contributed by atoms with E-state index in [1.165, 1.54) is 6.33 Å². The molecule has 6 heteroatoms. The molecule has 1 aromatic heterocycles. The van der Waals surface area contributed by atoms with Gasteiger partial charge in [-0.3, -0.25) is 4.79 Å². The molecule has 0 atom stereocenters. The number of aliphatic hydroxyl groups excluding tert-OH is 1. The molecule has 1 rings (SSSR count). The zero-order valence-electron chi connectivity index (χ0n) is 10.1. The molecule has 1 aromatic rings. The van der Waals surface area contributed by atoms with E-state index < -0.39 is 0 Å². The highest BCUT2D eigenvalue weighted by molar-refractivity contribution is 14.1. The maximum atomic E-state index is 11.4. The van der Waals surface area contributed by atoms with Gasteiger partial charge in [0.15, 0.2) is 0 Å². The summed E-state index contributed by atoms with van der Waals surface area (Å²) in [6, 6.07) is 0. The van der Waals surface area contributed by atoms with Crippen LogP contribution in [0.15, 0.2) is 11.1 Å². The van der Waals surface area contributed by atoms with Crippen molar-refractivity contribution in [3.8, 4) is 0 Å². The van der Waals surface area contributed by atoms with Gasteiger partial charge in [-0.15, -0.1) is 0 Å². The van der Waals surface area contributed by atoms with Crippen molar-refractivity contribution in [2.24, 2.45) is 5.41 Å². The Hall–Kier alpha value is -0.630. The topological polar surface area (TPSA) is 78.0 Å². The first-order valence-electron chi connectivity index (χ1n) is 5.66. The maximum absolute atomic E-state index is 11.4. The average Bonchev–Trinajstić information content (AvgIpc) is 2.36. The highest BCUT2D eigenvalue weighted by Gasteiger charge is 2.25. The van der Waals surface area contributed by atoms with Crippen molar-refractivity contribution in [3.63, 3.8) is 0 Å². The molecule has 5 nitrogen and oxygen atoms in total. The van der Waals surface area contributed by atoms with Crippen molar-refractivity contribution in [2.45, 2.75) is 26.7 Å². The molecule has 3 N–H and O–H groups in total. The molecule has 0 spiro atoms. The van der Waals surface area contributed by atoms with Gasteiger partial charge in [-0.05, 0) is 35.4 Å². The molecule has 0 saturated carbocycles. The van der Waals surface area contributed by atoms with E-state index in [4.69, 9.17) is 0 Å². The first-order chi connectivity index (χ1) is 8.08. The molecule has 0 aromatic carbocycles. The standard InChI is InChI=1S/C11H18IN3O2/c1-3-11(4-2,6-16)5-13-9-8(12)10(17)15-7-14-9/h7,16H,3-6H2,1-2H3,(H2,13,14,15,17). The zero-order chi connectivity index (χ0) is 12.9. The molecule has 0 fully saturated rings. The van der Waals surface area contributed by atoms with Crippen LogP contribution in [0.25, 0.3) is 0 Å². The quantitative estimate of drug-likeness (QED) is 0.680. The van der Waals surface area contributed by atoms with E-state index in [-0.39, 0.29) is 17.6 Å². The Kier molecular flexibility index (Phi) is 5.38. The van der Waals surface area contributed by atoms with Gasteiger partial charge in [-0.25, -0.2) is 4.98 Å². The van der Waals surface area contributed by atoms with Gasteiger partial charge >= 0.3 is 0 Å². The van der Waals surface area contributed by atoms with Crippen LogP contribution in [0.4, 0.5) is 5.82 Å². The number of nitrogens with zero attached hydrogens (tertiary/aromatic N) is 1. The second kappa shape index (κ2) is 6.34. The van der Waals surface area contributed by atoms with Gasteiger partial charge in [0.1, 0.15) is 9.39 Å². The maximum Gasteiger partial charge on any atom is 0.266 e. The summed E-state index contributed by atoms with van der Waals surface area (Å²) in [4.78, 5) is 18.0. The van der Waals surface area contributed by atoms with E-state index in [0.717, 1.165) is 12.8 Å². The lowest BCUT2D eigenvalue weighted by Crippen LogP contribution is -2.33. The molecule has 0 radical (unpaired) electrons. The van der Waals surface area contributed by atoms with Gasteiger partial charge in [-0.2, -0.15) is 0 Å². The molecule has 0 aliphatic rings. The zero-order valence-corrected chi connectivity index (χ0v) is 12.2. The number of rotatable bonds is 6. The van der Waals surface area contributed by atoms with Gasteiger partial charge in [0, 0.05) is 12.0 Å². The molecule has 17 heavy (non-hydrogen) atoms. The van der Waals surface area contributed by atoms with Gasteiger partial charge in [0.05, 0.1) is 12.9 Å². The Morgan fingerprint density at radius 2 is 2.18 bits per heavy atom. The van der Waals surface area contributed by atoms with E-state index >= 15 is 0 Å². The first kappa shape index (κ1) is 14.4. The number of hydrogen-bond donors (Lipinski definition) is 3. The summed E-state index contributed by atoms with van der Waals surface area (Å²) < 4.78 is 0.546. The number of aromatic nitrogens is 2. The molecule has 0 aliphatic heterocycles. The Bertz CT molecular complexity index is 407. The number of hydrogen-bond acceptors (Lipinski definition) is 4. The van der Waals surface area contributed by atoms with Crippen LogP contribution >= 0.6 is 22.6 Å². The predicted octanol–water partition coefficient (Wildman–Crippen LogP) is 1.59. The fraction of sp³-hybridized carbons (Fsp3) is 0.636. The first-order valence-corrected chi connectivity index (χ1v) is 6.74. The third-order valence-electron chi connectivity index (χ3n) is 3.26. The van der Waals surface area contributed by atoms with Crippen molar-refractivity contribution in [2.75, 3.05) is 18.5 Å². The molecule has 0 amide bonds. The smallest absolute Gasteiger partial charge is 0.266 e. The van der Waals surface area contributed by atoms with Crippen molar-refractivity contribution >= 4 is 28.4 Å². The molecular weight excluding hydrogens is 333 g/mol. The normalized spacial score (nSPS) is 11.5. The van der Waals surface area contributed by atoms with Crippen molar-refractivity contribution in [1.82, 2.24) is 9.97 Å². The van der Waals surface area contributed by atoms with E-state index in [1.54, 1.807) is 0 Å². The third-order valence-corrected chi connectivity index (χ3v) is 4.26. The van der Waals surface area contributed by atoms with Crippen molar-refractivity contribution in [3.05, 3.63) is 20.3 Å². The summed E-state index contributed by atoms with van der Waals surface area (Å²) in [6.45, 7) is 4.85. The fourth-order valence-electron chi connectivity index (χ4n) is 1.56. The second-order valence-corrected chi connectivity index (χ2v) is 5.19. The fourth-order valence-corrected chi connectivity index (χ4v) is 2.04. The second-order valence-electron chi connectivity index (χ2n) is 4.11. The minimum Gasteiger partial charge on any atom is -0.396 e. The third kappa shape index (κ3) is 3.41. The van der Waals surface area contributed by atoms with Crippen LogP contribution < -0.4 is 10.9 Å². The summed E-state index contributed by atoms with van der Waals surface area (Å²) in [5.41, 5.74) is -0.293. The van der Waals surface area contributed by atoms with E-state index in [1.807, 2.05) is 22.6 Å². The minimum atomic E-state index is -0.148. The molecule has 1 heterocycles. The summed E-state index contributed by atoms with van der Waals surface area (Å²) in [5.74, 6) is 0.578. The van der Waals surface area contributed by atoms with Crippen LogP contribution in [0.1, 0.15) is 26.7 Å². The van der Waals surface area contributed by atoms with Gasteiger partial charge < -0.3 is 15.4 Å². The van der Waals surface area contributed by atoms with Crippen molar-refractivity contribution in [1.29, 1.82) is 0 Å². The predicted molar refractivity (Wildman–Crippen MR) is 76.2 cm³/mol. The van der Waals surface area contributed by atoms with Gasteiger partial charge in [0.25, 0.3) is 5.56 Å². The largest absolute Gasteiger partial charge is 0.396 e. The summed E-state index contributed by atoms with van der Waals surface area (Å²) in [5, 5.41) is 12.6. The highest BCUT2D eigenvalue weighted by atomic mass is 127. The highest BCUT2D eigenvalue weighted by Crippen LogP contribution is 2.26. The lowest BCUT2D eigenvalue weighted by molar-refractivity contribution is 0.127. The summed E-state index contributed by atoms with van der Waals surface area (Å²) in [7, 11) is 0. The van der Waals surface area contributed by atoms with E-state index in [2.05, 4.69) is 29.1 Å².